The molecule has 2 fully saturated rings. The van der Waals surface area contributed by atoms with Gasteiger partial charge in [0.15, 0.2) is 0 Å². The first kappa shape index (κ1) is 14.5. The van der Waals surface area contributed by atoms with E-state index in [1.54, 1.807) is 0 Å². The van der Waals surface area contributed by atoms with E-state index in [0.29, 0.717) is 6.10 Å². The fraction of sp³-hybridized carbons (Fsp3) is 0.812. The van der Waals surface area contributed by atoms with Gasteiger partial charge in [-0.3, -0.25) is 0 Å². The number of aromatic nitrogens is 1. The van der Waals surface area contributed by atoms with Gasteiger partial charge in [0, 0.05) is 30.4 Å². The Kier molecular flexibility index (Phi) is 5.08. The Balaban J connectivity index is 1.63. The highest BCUT2D eigenvalue weighted by Crippen LogP contribution is 2.43. The molecule has 1 aromatic heterocycles. The maximum atomic E-state index is 5.86. The van der Waals surface area contributed by atoms with Crippen molar-refractivity contribution in [1.82, 2.24) is 10.3 Å². The quantitative estimate of drug-likeness (QED) is 0.780. The van der Waals surface area contributed by atoms with Gasteiger partial charge in [0.1, 0.15) is 0 Å². The maximum absolute atomic E-state index is 5.86. The van der Waals surface area contributed by atoms with Crippen LogP contribution in [0.3, 0.4) is 0 Å². The summed E-state index contributed by atoms with van der Waals surface area (Å²) in [6.07, 6.45) is 9.07. The van der Waals surface area contributed by atoms with Gasteiger partial charge in [-0.2, -0.15) is 0 Å². The van der Waals surface area contributed by atoms with Crippen LogP contribution in [0.25, 0.3) is 0 Å². The van der Waals surface area contributed by atoms with Gasteiger partial charge in [0.2, 0.25) is 0 Å². The summed E-state index contributed by atoms with van der Waals surface area (Å²) in [7, 11) is 0. The van der Waals surface area contributed by atoms with Crippen LogP contribution in [0, 0.1) is 0 Å². The average molecular weight is 294 g/mol. The molecule has 2 aliphatic rings. The molecule has 20 heavy (non-hydrogen) atoms. The molecule has 1 aromatic rings. The molecule has 3 nitrogen and oxygen atoms in total. The van der Waals surface area contributed by atoms with E-state index in [9.17, 15) is 0 Å². The molecule has 3 rings (SSSR count). The first-order valence-electron chi connectivity index (χ1n) is 8.17. The van der Waals surface area contributed by atoms with Gasteiger partial charge in [-0.05, 0) is 45.1 Å². The van der Waals surface area contributed by atoms with Crippen LogP contribution < -0.4 is 5.32 Å². The highest BCUT2D eigenvalue weighted by Gasteiger charge is 2.30. The van der Waals surface area contributed by atoms with E-state index in [0.717, 1.165) is 32.0 Å². The zero-order valence-corrected chi connectivity index (χ0v) is 13.3. The fourth-order valence-electron chi connectivity index (χ4n) is 2.85. The minimum Gasteiger partial charge on any atom is -0.378 e. The topological polar surface area (TPSA) is 34.1 Å². The van der Waals surface area contributed by atoms with Crippen molar-refractivity contribution in [3.05, 3.63) is 15.6 Å². The van der Waals surface area contributed by atoms with E-state index >= 15 is 0 Å². The van der Waals surface area contributed by atoms with Gasteiger partial charge in [-0.1, -0.05) is 6.92 Å². The highest BCUT2D eigenvalue weighted by molar-refractivity contribution is 7.11. The van der Waals surface area contributed by atoms with E-state index < -0.39 is 0 Å². The largest absolute Gasteiger partial charge is 0.378 e. The molecule has 0 radical (unpaired) electrons. The minimum atomic E-state index is 0.415. The third kappa shape index (κ3) is 3.80. The summed E-state index contributed by atoms with van der Waals surface area (Å²) in [5.74, 6) is 0.755. The van der Waals surface area contributed by atoms with E-state index in [4.69, 9.17) is 9.72 Å². The molecule has 1 saturated carbocycles. The SMILES string of the molecule is CCCNCc1sc(CC2CCCCO2)nc1C1CC1. The molecule has 0 aromatic carbocycles. The van der Waals surface area contributed by atoms with Gasteiger partial charge in [-0.15, -0.1) is 11.3 Å². The molecule has 1 aliphatic carbocycles. The van der Waals surface area contributed by atoms with Crippen LogP contribution >= 0.6 is 11.3 Å². The fourth-order valence-corrected chi connectivity index (χ4v) is 4.03. The third-order valence-electron chi connectivity index (χ3n) is 4.12. The Bertz CT molecular complexity index is 422. The Morgan fingerprint density at radius 3 is 2.90 bits per heavy atom. The van der Waals surface area contributed by atoms with E-state index in [2.05, 4.69) is 12.2 Å². The van der Waals surface area contributed by atoms with Crippen LogP contribution in [0.1, 0.15) is 66.9 Å². The van der Waals surface area contributed by atoms with Crippen molar-refractivity contribution < 1.29 is 4.74 Å². The first-order chi connectivity index (χ1) is 9.86. The molecule has 0 bridgehead atoms. The molecule has 4 heteroatoms. The van der Waals surface area contributed by atoms with Gasteiger partial charge in [-0.25, -0.2) is 4.98 Å². The third-order valence-corrected chi connectivity index (χ3v) is 5.22. The normalized spacial score (nSPS) is 23.1. The van der Waals surface area contributed by atoms with E-state index in [-0.39, 0.29) is 0 Å². The van der Waals surface area contributed by atoms with Crippen molar-refractivity contribution in [2.75, 3.05) is 13.2 Å². The second kappa shape index (κ2) is 7.01. The smallest absolute Gasteiger partial charge is 0.0957 e. The second-order valence-corrected chi connectivity index (χ2v) is 7.23. The maximum Gasteiger partial charge on any atom is 0.0957 e. The van der Waals surface area contributed by atoms with E-state index in [1.807, 2.05) is 11.3 Å². The Hall–Kier alpha value is -0.450. The van der Waals surface area contributed by atoms with Crippen molar-refractivity contribution in [1.29, 1.82) is 0 Å². The number of nitrogens with zero attached hydrogens (tertiary/aromatic N) is 1. The lowest BCUT2D eigenvalue weighted by Gasteiger charge is -2.21. The first-order valence-corrected chi connectivity index (χ1v) is 8.99. The molecule has 0 spiro atoms. The molecule has 0 amide bonds. The Morgan fingerprint density at radius 2 is 2.20 bits per heavy atom. The van der Waals surface area contributed by atoms with Gasteiger partial charge >= 0.3 is 0 Å². The van der Waals surface area contributed by atoms with Crippen LogP contribution in [-0.2, 0) is 17.7 Å². The zero-order valence-electron chi connectivity index (χ0n) is 12.5. The van der Waals surface area contributed by atoms with Crippen LogP contribution in [-0.4, -0.2) is 24.2 Å². The summed E-state index contributed by atoms with van der Waals surface area (Å²) < 4.78 is 5.86. The van der Waals surface area contributed by atoms with Gasteiger partial charge < -0.3 is 10.1 Å². The second-order valence-electron chi connectivity index (χ2n) is 6.06. The lowest BCUT2D eigenvalue weighted by molar-refractivity contribution is 0.0167. The number of rotatable bonds is 7. The minimum absolute atomic E-state index is 0.415. The predicted octanol–water partition coefficient (Wildman–Crippen LogP) is 3.63. The van der Waals surface area contributed by atoms with Crippen molar-refractivity contribution in [2.45, 2.75) is 70.4 Å². The summed E-state index contributed by atoms with van der Waals surface area (Å²) in [5, 5.41) is 4.83. The zero-order chi connectivity index (χ0) is 13.8. The molecular formula is C16H26N2OS. The average Bonchev–Trinajstić information content (AvgIpc) is 3.23. The summed E-state index contributed by atoms with van der Waals surface area (Å²) in [4.78, 5) is 6.42. The number of hydrogen-bond donors (Lipinski definition) is 1. The lowest BCUT2D eigenvalue weighted by atomic mass is 10.1. The lowest BCUT2D eigenvalue weighted by Crippen LogP contribution is -2.21. The van der Waals surface area contributed by atoms with Crippen LogP contribution in [0.5, 0.6) is 0 Å². The molecular weight excluding hydrogens is 268 g/mol. The number of thiazole rings is 1. The summed E-state index contributed by atoms with van der Waals surface area (Å²) in [6.45, 7) is 5.26. The van der Waals surface area contributed by atoms with Crippen molar-refractivity contribution in [3.8, 4) is 0 Å². The van der Waals surface area contributed by atoms with Crippen LogP contribution in [0.15, 0.2) is 0 Å². The van der Waals surface area contributed by atoms with Crippen LogP contribution in [0.2, 0.25) is 0 Å². The van der Waals surface area contributed by atoms with Gasteiger partial charge in [0.05, 0.1) is 16.8 Å². The monoisotopic (exact) mass is 294 g/mol. The molecule has 1 atom stereocenters. The summed E-state index contributed by atoms with van der Waals surface area (Å²) >= 11 is 1.92. The summed E-state index contributed by atoms with van der Waals surface area (Å²) in [5.41, 5.74) is 1.39. The van der Waals surface area contributed by atoms with Crippen molar-refractivity contribution >= 4 is 11.3 Å². The van der Waals surface area contributed by atoms with Gasteiger partial charge in [0.25, 0.3) is 0 Å². The van der Waals surface area contributed by atoms with E-state index in [1.165, 1.54) is 54.1 Å². The standard InChI is InChI=1S/C16H26N2OS/c1-2-8-17-11-14-16(12-6-7-12)18-15(20-14)10-13-5-3-4-9-19-13/h12-13,17H,2-11H2,1H3. The Labute approximate surface area is 126 Å². The molecule has 2 heterocycles. The Morgan fingerprint density at radius 1 is 1.30 bits per heavy atom. The number of nitrogens with one attached hydrogen (secondary N) is 1. The summed E-state index contributed by atoms with van der Waals surface area (Å²) in [6, 6.07) is 0. The number of ether oxygens (including phenoxy) is 1. The molecule has 1 saturated heterocycles. The predicted molar refractivity (Wildman–Crippen MR) is 83.4 cm³/mol. The molecule has 1 aliphatic heterocycles. The number of hydrogen-bond acceptors (Lipinski definition) is 4. The highest BCUT2D eigenvalue weighted by atomic mass is 32.1. The van der Waals surface area contributed by atoms with Crippen molar-refractivity contribution in [2.24, 2.45) is 0 Å². The molecule has 112 valence electrons. The molecule has 1 N–H and O–H groups in total. The van der Waals surface area contributed by atoms with Crippen molar-refractivity contribution in [3.63, 3.8) is 0 Å². The van der Waals surface area contributed by atoms with Crippen LogP contribution in [0.4, 0.5) is 0 Å². The molecule has 1 unspecified atom stereocenters.